The minimum absolute atomic E-state index is 0.762. The molecule has 108 valence electrons. The lowest BCUT2D eigenvalue weighted by molar-refractivity contribution is 0.0533. The van der Waals surface area contributed by atoms with Gasteiger partial charge in [0.15, 0.2) is 0 Å². The van der Waals surface area contributed by atoms with Crippen LogP contribution < -0.4 is 0 Å². The molecule has 0 unspecified atom stereocenters. The Balaban J connectivity index is 0.000000492. The second kappa shape index (κ2) is 7.53. The molecule has 1 aliphatic carbocycles. The standard InChI is InChI=1S/C14H27N.C3H8/c1-12(2)13-4-6-14(7-5-13)8-10-15(3)11-9-14;1-3-2/h12-13H,4-11H2,1-3H3;3H2,1-2H3. The molecule has 1 saturated carbocycles. The van der Waals surface area contributed by atoms with Gasteiger partial charge in [-0.3, -0.25) is 0 Å². The third-order valence-corrected chi connectivity index (χ3v) is 5.08. The van der Waals surface area contributed by atoms with Gasteiger partial charge in [-0.25, -0.2) is 0 Å². The van der Waals surface area contributed by atoms with E-state index in [2.05, 4.69) is 39.6 Å². The van der Waals surface area contributed by atoms with Crippen LogP contribution in [0.2, 0.25) is 0 Å². The lowest BCUT2D eigenvalue weighted by atomic mass is 9.64. The number of nitrogens with zero attached hydrogens (tertiary/aromatic N) is 1. The topological polar surface area (TPSA) is 3.24 Å². The summed E-state index contributed by atoms with van der Waals surface area (Å²) in [6.45, 7) is 11.7. The summed E-state index contributed by atoms with van der Waals surface area (Å²) in [5, 5.41) is 0. The molecule has 1 spiro atoms. The second-order valence-corrected chi connectivity index (χ2v) is 7.09. The molecule has 0 bridgehead atoms. The van der Waals surface area contributed by atoms with E-state index >= 15 is 0 Å². The summed E-state index contributed by atoms with van der Waals surface area (Å²) in [5.41, 5.74) is 0.762. The first-order chi connectivity index (χ1) is 8.53. The van der Waals surface area contributed by atoms with Gasteiger partial charge in [-0.15, -0.1) is 0 Å². The third-order valence-electron chi connectivity index (χ3n) is 5.08. The van der Waals surface area contributed by atoms with Crippen molar-refractivity contribution in [1.29, 1.82) is 0 Å². The second-order valence-electron chi connectivity index (χ2n) is 7.09. The molecule has 1 nitrogen and oxygen atoms in total. The van der Waals surface area contributed by atoms with E-state index < -0.39 is 0 Å². The van der Waals surface area contributed by atoms with Crippen LogP contribution in [0.3, 0.4) is 0 Å². The number of likely N-dealkylation sites (tertiary alicyclic amines) is 1. The summed E-state index contributed by atoms with van der Waals surface area (Å²) in [5.74, 6) is 1.93. The van der Waals surface area contributed by atoms with Crippen molar-refractivity contribution in [2.45, 2.75) is 72.6 Å². The molecule has 0 atom stereocenters. The molecule has 0 radical (unpaired) electrons. The smallest absolute Gasteiger partial charge is 0.00165 e. The molecule has 2 fully saturated rings. The van der Waals surface area contributed by atoms with Gasteiger partial charge in [-0.05, 0) is 75.9 Å². The van der Waals surface area contributed by atoms with Gasteiger partial charge in [0.25, 0.3) is 0 Å². The highest BCUT2D eigenvalue weighted by molar-refractivity contribution is 4.90. The molecule has 1 heterocycles. The van der Waals surface area contributed by atoms with Gasteiger partial charge >= 0.3 is 0 Å². The fourth-order valence-electron chi connectivity index (χ4n) is 3.51. The van der Waals surface area contributed by atoms with Crippen molar-refractivity contribution in [3.8, 4) is 0 Å². The maximum Gasteiger partial charge on any atom is -0.00165 e. The molecule has 18 heavy (non-hydrogen) atoms. The number of hydrogen-bond donors (Lipinski definition) is 0. The van der Waals surface area contributed by atoms with Crippen LogP contribution in [0.4, 0.5) is 0 Å². The van der Waals surface area contributed by atoms with Gasteiger partial charge in [0.2, 0.25) is 0 Å². The highest BCUT2D eigenvalue weighted by Crippen LogP contribution is 2.47. The zero-order valence-electron chi connectivity index (χ0n) is 13.5. The SMILES string of the molecule is CC(C)C1CCC2(CC1)CCN(C)CC2.CCC. The van der Waals surface area contributed by atoms with Gasteiger partial charge in [-0.2, -0.15) is 0 Å². The monoisotopic (exact) mass is 253 g/mol. The summed E-state index contributed by atoms with van der Waals surface area (Å²) >= 11 is 0. The van der Waals surface area contributed by atoms with Gasteiger partial charge in [-0.1, -0.05) is 34.1 Å². The molecule has 2 rings (SSSR count). The largest absolute Gasteiger partial charge is 0.306 e. The van der Waals surface area contributed by atoms with Crippen LogP contribution in [0.5, 0.6) is 0 Å². The highest BCUT2D eigenvalue weighted by atomic mass is 15.1. The quantitative estimate of drug-likeness (QED) is 0.638. The van der Waals surface area contributed by atoms with Crippen molar-refractivity contribution >= 4 is 0 Å². The zero-order chi connectivity index (χ0) is 13.6. The molecular weight excluding hydrogens is 218 g/mol. The van der Waals surface area contributed by atoms with E-state index in [-0.39, 0.29) is 0 Å². The van der Waals surface area contributed by atoms with Crippen LogP contribution >= 0.6 is 0 Å². The molecule has 1 saturated heterocycles. The Labute approximate surface area is 115 Å². The highest BCUT2D eigenvalue weighted by Gasteiger charge is 2.37. The Hall–Kier alpha value is -0.0400. The van der Waals surface area contributed by atoms with E-state index in [4.69, 9.17) is 0 Å². The minimum Gasteiger partial charge on any atom is -0.306 e. The van der Waals surface area contributed by atoms with Crippen LogP contribution in [-0.2, 0) is 0 Å². The van der Waals surface area contributed by atoms with Crippen molar-refractivity contribution in [3.05, 3.63) is 0 Å². The first kappa shape index (κ1) is 16.0. The molecule has 0 N–H and O–H groups in total. The van der Waals surface area contributed by atoms with Crippen LogP contribution in [-0.4, -0.2) is 25.0 Å². The Kier molecular flexibility index (Phi) is 6.70. The molecule has 1 aliphatic heterocycles. The van der Waals surface area contributed by atoms with Crippen molar-refractivity contribution in [2.24, 2.45) is 17.3 Å². The Morgan fingerprint density at radius 2 is 1.44 bits per heavy atom. The van der Waals surface area contributed by atoms with Crippen LogP contribution in [0.25, 0.3) is 0 Å². The average molecular weight is 253 g/mol. The van der Waals surface area contributed by atoms with E-state index in [9.17, 15) is 0 Å². The summed E-state index contributed by atoms with van der Waals surface area (Å²) in [6, 6.07) is 0. The fourth-order valence-corrected chi connectivity index (χ4v) is 3.51. The average Bonchev–Trinajstić information content (AvgIpc) is 2.35. The van der Waals surface area contributed by atoms with Gasteiger partial charge < -0.3 is 4.90 Å². The molecular formula is C17H35N. The molecule has 0 amide bonds. The summed E-state index contributed by atoms with van der Waals surface area (Å²) < 4.78 is 0. The van der Waals surface area contributed by atoms with Gasteiger partial charge in [0, 0.05) is 0 Å². The molecule has 0 aromatic carbocycles. The Bertz CT molecular complexity index is 204. The first-order valence-electron chi connectivity index (χ1n) is 8.21. The van der Waals surface area contributed by atoms with Gasteiger partial charge in [0.1, 0.15) is 0 Å². The maximum absolute atomic E-state index is 2.50. The van der Waals surface area contributed by atoms with Crippen LogP contribution in [0, 0.1) is 17.3 Å². The van der Waals surface area contributed by atoms with Crippen molar-refractivity contribution in [1.82, 2.24) is 4.90 Å². The summed E-state index contributed by atoms with van der Waals surface area (Å²) in [7, 11) is 2.27. The Morgan fingerprint density at radius 3 is 1.83 bits per heavy atom. The third kappa shape index (κ3) is 4.57. The van der Waals surface area contributed by atoms with Crippen LogP contribution in [0.15, 0.2) is 0 Å². The zero-order valence-corrected chi connectivity index (χ0v) is 13.5. The lowest BCUT2D eigenvalue weighted by Crippen LogP contribution is -2.40. The lowest BCUT2D eigenvalue weighted by Gasteiger charge is -2.46. The molecule has 0 aromatic rings. The van der Waals surface area contributed by atoms with Crippen molar-refractivity contribution in [3.63, 3.8) is 0 Å². The van der Waals surface area contributed by atoms with E-state index in [0.29, 0.717) is 0 Å². The first-order valence-corrected chi connectivity index (χ1v) is 8.21. The molecule has 1 heteroatoms. The number of piperidine rings is 1. The van der Waals surface area contributed by atoms with E-state index in [1.165, 1.54) is 58.0 Å². The summed E-state index contributed by atoms with van der Waals surface area (Å²) in [4.78, 5) is 2.50. The van der Waals surface area contributed by atoms with E-state index in [0.717, 1.165) is 17.3 Å². The fraction of sp³-hybridized carbons (Fsp3) is 1.00. The summed E-state index contributed by atoms with van der Waals surface area (Å²) in [6.07, 6.45) is 10.2. The maximum atomic E-state index is 2.50. The molecule has 2 aliphatic rings. The van der Waals surface area contributed by atoms with Gasteiger partial charge in [0.05, 0.1) is 0 Å². The minimum atomic E-state index is 0.762. The molecule has 0 aromatic heterocycles. The Morgan fingerprint density at radius 1 is 1.00 bits per heavy atom. The van der Waals surface area contributed by atoms with E-state index in [1.54, 1.807) is 0 Å². The van der Waals surface area contributed by atoms with Crippen molar-refractivity contribution in [2.75, 3.05) is 20.1 Å². The number of hydrogen-bond acceptors (Lipinski definition) is 1. The van der Waals surface area contributed by atoms with Crippen molar-refractivity contribution < 1.29 is 0 Å². The predicted octanol–water partition coefficient (Wildman–Crippen LogP) is 4.96. The predicted molar refractivity (Wildman–Crippen MR) is 81.9 cm³/mol. The normalized spacial score (nSPS) is 25.0. The number of rotatable bonds is 1. The van der Waals surface area contributed by atoms with E-state index in [1.807, 2.05) is 0 Å². The van der Waals surface area contributed by atoms with Crippen LogP contribution in [0.1, 0.15) is 72.6 Å².